The lowest BCUT2D eigenvalue weighted by atomic mass is 9.97. The van der Waals surface area contributed by atoms with Crippen LogP contribution in [0.15, 0.2) is 41.8 Å². The van der Waals surface area contributed by atoms with Crippen molar-refractivity contribution in [1.82, 2.24) is 9.62 Å². The third kappa shape index (κ3) is 4.82. The molecule has 9 heteroatoms. The van der Waals surface area contributed by atoms with E-state index in [-0.39, 0.29) is 42.9 Å². The average molecular weight is 376 g/mol. The van der Waals surface area contributed by atoms with E-state index in [0.29, 0.717) is 0 Å². The number of likely N-dealkylation sites (tertiary alicyclic amines) is 1. The van der Waals surface area contributed by atoms with E-state index in [1.807, 2.05) is 0 Å². The molecule has 1 aliphatic heterocycles. The predicted octanol–water partition coefficient (Wildman–Crippen LogP) is 2.57. The Morgan fingerprint density at radius 2 is 1.96 bits per heavy atom. The Morgan fingerprint density at radius 3 is 2.52 bits per heavy atom. The molecule has 2 rings (SSSR count). The minimum Gasteiger partial charge on any atom is -0.338 e. The third-order valence-corrected chi connectivity index (χ3v) is 5.44. The zero-order valence-electron chi connectivity index (χ0n) is 13.4. The number of nitrogens with zero attached hydrogens (tertiary/aromatic N) is 1. The largest absolute Gasteiger partial charge is 0.393 e. The van der Waals surface area contributed by atoms with Crippen LogP contribution in [0, 0.1) is 5.92 Å². The number of nitrogens with one attached hydrogen (secondary N) is 1. The van der Waals surface area contributed by atoms with Gasteiger partial charge in [0.25, 0.3) is 5.91 Å². The molecule has 1 aliphatic rings. The summed E-state index contributed by atoms with van der Waals surface area (Å²) >= 11 is 0. The molecule has 1 aromatic rings. The molecule has 5 nitrogen and oxygen atoms in total. The number of carbonyl (C=O) groups is 1. The first kappa shape index (κ1) is 19.5. The van der Waals surface area contributed by atoms with Crippen LogP contribution < -0.4 is 4.72 Å². The highest BCUT2D eigenvalue weighted by atomic mass is 32.2. The topological polar surface area (TPSA) is 66.5 Å². The SMILES string of the molecule is C=CCNS(=O)(=O)c1ccc(C(=O)N2CCCC(C(F)(F)F)C2)cc1. The van der Waals surface area contributed by atoms with Crippen molar-refractivity contribution < 1.29 is 26.4 Å². The Morgan fingerprint density at radius 1 is 1.32 bits per heavy atom. The van der Waals surface area contributed by atoms with Gasteiger partial charge in [-0.05, 0) is 37.1 Å². The first-order valence-electron chi connectivity index (χ1n) is 7.72. The summed E-state index contributed by atoms with van der Waals surface area (Å²) in [7, 11) is -3.71. The van der Waals surface area contributed by atoms with Crippen molar-refractivity contribution in [1.29, 1.82) is 0 Å². The van der Waals surface area contributed by atoms with Crippen molar-refractivity contribution >= 4 is 15.9 Å². The summed E-state index contributed by atoms with van der Waals surface area (Å²) in [5.74, 6) is -2.05. The zero-order chi connectivity index (χ0) is 18.7. The monoisotopic (exact) mass is 376 g/mol. The molecule has 1 atom stereocenters. The van der Waals surface area contributed by atoms with Crippen LogP contribution in [0.25, 0.3) is 0 Å². The zero-order valence-corrected chi connectivity index (χ0v) is 14.2. The lowest BCUT2D eigenvalue weighted by Crippen LogP contribution is -2.44. The van der Waals surface area contributed by atoms with Crippen molar-refractivity contribution in [3.05, 3.63) is 42.5 Å². The van der Waals surface area contributed by atoms with E-state index in [1.165, 1.54) is 35.2 Å². The summed E-state index contributed by atoms with van der Waals surface area (Å²) in [6.07, 6.45) is -2.64. The maximum Gasteiger partial charge on any atom is 0.393 e. The lowest BCUT2D eigenvalue weighted by molar-refractivity contribution is -0.184. The summed E-state index contributed by atoms with van der Waals surface area (Å²) in [4.78, 5) is 13.5. The van der Waals surface area contributed by atoms with E-state index in [1.54, 1.807) is 0 Å². The summed E-state index contributed by atoms with van der Waals surface area (Å²) in [5, 5.41) is 0. The second kappa shape index (κ2) is 7.57. The number of hydrogen-bond donors (Lipinski definition) is 1. The maximum atomic E-state index is 12.8. The van der Waals surface area contributed by atoms with E-state index in [2.05, 4.69) is 11.3 Å². The van der Waals surface area contributed by atoms with Crippen molar-refractivity contribution in [3.63, 3.8) is 0 Å². The molecule has 0 radical (unpaired) electrons. The molecular weight excluding hydrogens is 357 g/mol. The van der Waals surface area contributed by atoms with Crippen LogP contribution in [0.5, 0.6) is 0 Å². The number of sulfonamides is 1. The minimum atomic E-state index is -4.33. The first-order chi connectivity index (χ1) is 11.6. The second-order valence-electron chi connectivity index (χ2n) is 5.80. The third-order valence-electron chi connectivity index (χ3n) is 4.00. The van der Waals surface area contributed by atoms with E-state index in [9.17, 15) is 26.4 Å². The Hall–Kier alpha value is -1.87. The normalized spacial score (nSPS) is 18.8. The quantitative estimate of drug-likeness (QED) is 0.804. The fourth-order valence-corrected chi connectivity index (χ4v) is 3.64. The minimum absolute atomic E-state index is 0.0133. The van der Waals surface area contributed by atoms with Crippen LogP contribution in [-0.4, -0.2) is 45.0 Å². The Labute approximate surface area is 144 Å². The second-order valence-corrected chi connectivity index (χ2v) is 7.56. The predicted molar refractivity (Wildman–Crippen MR) is 86.5 cm³/mol. The summed E-state index contributed by atoms with van der Waals surface area (Å²) < 4.78 is 64.7. The lowest BCUT2D eigenvalue weighted by Gasteiger charge is -2.33. The molecular formula is C16H19F3N2O3S. The molecule has 1 saturated heterocycles. The molecule has 25 heavy (non-hydrogen) atoms. The van der Waals surface area contributed by atoms with E-state index >= 15 is 0 Å². The van der Waals surface area contributed by atoms with Gasteiger partial charge in [0.1, 0.15) is 0 Å². The molecule has 138 valence electrons. The van der Waals surface area contributed by atoms with Gasteiger partial charge in [0, 0.05) is 25.2 Å². The van der Waals surface area contributed by atoms with Crippen LogP contribution in [0.4, 0.5) is 13.2 Å². The van der Waals surface area contributed by atoms with Gasteiger partial charge in [0.05, 0.1) is 10.8 Å². The number of hydrogen-bond acceptors (Lipinski definition) is 3. The van der Waals surface area contributed by atoms with Crippen LogP contribution in [0.3, 0.4) is 0 Å². The summed E-state index contributed by atoms with van der Waals surface area (Å²) in [5.41, 5.74) is 0.158. The smallest absolute Gasteiger partial charge is 0.338 e. The highest BCUT2D eigenvalue weighted by molar-refractivity contribution is 7.89. The Bertz CT molecular complexity index is 730. The fourth-order valence-electron chi connectivity index (χ4n) is 2.64. The van der Waals surface area contributed by atoms with Gasteiger partial charge in [-0.15, -0.1) is 6.58 Å². The number of amides is 1. The van der Waals surface area contributed by atoms with Gasteiger partial charge in [-0.25, -0.2) is 13.1 Å². The van der Waals surface area contributed by atoms with Crippen molar-refractivity contribution in [2.24, 2.45) is 5.92 Å². The number of piperidine rings is 1. The number of benzene rings is 1. The van der Waals surface area contributed by atoms with Gasteiger partial charge in [-0.3, -0.25) is 4.79 Å². The van der Waals surface area contributed by atoms with Gasteiger partial charge in [0.15, 0.2) is 0 Å². The summed E-state index contributed by atoms with van der Waals surface area (Å²) in [6.45, 7) is 3.36. The Balaban J connectivity index is 2.11. The molecule has 1 unspecified atom stereocenters. The standard InChI is InChI=1S/C16H19F3N2O3S/c1-2-9-20-25(23,24)14-7-5-12(6-8-14)15(22)21-10-3-4-13(11-21)16(17,18)19/h2,5-8,13,20H,1,3-4,9-11H2. The molecule has 0 spiro atoms. The molecule has 1 fully saturated rings. The number of rotatable bonds is 5. The molecule has 0 bridgehead atoms. The van der Waals surface area contributed by atoms with E-state index in [4.69, 9.17) is 0 Å². The summed E-state index contributed by atoms with van der Waals surface area (Å²) in [6, 6.07) is 5.12. The number of carbonyl (C=O) groups excluding carboxylic acids is 1. The molecule has 1 N–H and O–H groups in total. The molecule has 0 saturated carbocycles. The molecule has 0 aromatic heterocycles. The van der Waals surface area contributed by atoms with Gasteiger partial charge in [-0.2, -0.15) is 13.2 Å². The molecule has 1 amide bonds. The van der Waals surface area contributed by atoms with Crippen molar-refractivity contribution in [2.75, 3.05) is 19.6 Å². The van der Waals surface area contributed by atoms with Crippen LogP contribution in [0.2, 0.25) is 0 Å². The van der Waals surface area contributed by atoms with Gasteiger partial charge >= 0.3 is 6.18 Å². The van der Waals surface area contributed by atoms with Crippen molar-refractivity contribution in [2.45, 2.75) is 23.9 Å². The fraction of sp³-hybridized carbons (Fsp3) is 0.438. The average Bonchev–Trinajstić information content (AvgIpc) is 2.59. The van der Waals surface area contributed by atoms with Crippen LogP contribution in [-0.2, 0) is 10.0 Å². The van der Waals surface area contributed by atoms with Gasteiger partial charge in [0.2, 0.25) is 10.0 Å². The number of alkyl halides is 3. The molecule has 1 aromatic carbocycles. The van der Waals surface area contributed by atoms with Gasteiger partial charge in [-0.1, -0.05) is 6.08 Å². The maximum absolute atomic E-state index is 12.8. The highest BCUT2D eigenvalue weighted by Crippen LogP contribution is 2.33. The Kier molecular flexibility index (Phi) is 5.89. The highest BCUT2D eigenvalue weighted by Gasteiger charge is 2.42. The van der Waals surface area contributed by atoms with Gasteiger partial charge < -0.3 is 4.90 Å². The number of halogens is 3. The van der Waals surface area contributed by atoms with Crippen LogP contribution in [0.1, 0.15) is 23.2 Å². The first-order valence-corrected chi connectivity index (χ1v) is 9.20. The molecule has 0 aliphatic carbocycles. The van der Waals surface area contributed by atoms with Crippen molar-refractivity contribution in [3.8, 4) is 0 Å². The van der Waals surface area contributed by atoms with Crippen LogP contribution >= 0.6 is 0 Å². The van der Waals surface area contributed by atoms with E-state index in [0.717, 1.165) is 0 Å². The molecule has 1 heterocycles. The van der Waals surface area contributed by atoms with E-state index < -0.39 is 28.0 Å².